The van der Waals surface area contributed by atoms with E-state index in [0.29, 0.717) is 0 Å². The van der Waals surface area contributed by atoms with Gasteiger partial charge in [0.1, 0.15) is 0 Å². The molecule has 0 aromatic carbocycles. The van der Waals surface area contributed by atoms with Crippen LogP contribution >= 0.6 is 12.4 Å². The smallest absolute Gasteiger partial charge is 0 e. The van der Waals surface area contributed by atoms with Crippen LogP contribution in [0.25, 0.3) is 0 Å². The first-order chi connectivity index (χ1) is 4.00. The average molecular weight is 248 g/mol. The monoisotopic (exact) mass is 247 g/mol. The second kappa shape index (κ2) is 9.39. The Labute approximate surface area is 81.9 Å². The van der Waals surface area contributed by atoms with Gasteiger partial charge in [-0.1, -0.05) is 24.3 Å². The minimum atomic E-state index is 0. The maximum atomic E-state index is 2.27. The topological polar surface area (TPSA) is 0 Å². The van der Waals surface area contributed by atoms with Crippen LogP contribution in [0.5, 0.6) is 0 Å². The van der Waals surface area contributed by atoms with Crippen LogP contribution < -0.4 is 0 Å². The van der Waals surface area contributed by atoms with Gasteiger partial charge in [-0.15, -0.1) is 12.4 Å². The van der Waals surface area contributed by atoms with E-state index in [9.17, 15) is 0 Å². The zero-order valence-electron chi connectivity index (χ0n) is 5.88. The minimum absolute atomic E-state index is 0. The number of hydrogen-bond donors (Lipinski definition) is 0. The summed E-state index contributed by atoms with van der Waals surface area (Å²) in [6.07, 6.45) is 14.0. The molecule has 0 saturated heterocycles. The second-order valence-corrected chi connectivity index (χ2v) is 2.10. The van der Waals surface area contributed by atoms with Gasteiger partial charge >= 0.3 is 0 Å². The van der Waals surface area contributed by atoms with Crippen LogP contribution in [0.4, 0.5) is 0 Å². The molecule has 0 aromatic rings. The van der Waals surface area contributed by atoms with Crippen LogP contribution in [0, 0.1) is 0 Å². The average Bonchev–Trinajstić information content (AvgIpc) is 1.62. The van der Waals surface area contributed by atoms with Gasteiger partial charge in [-0.05, 0) is 25.7 Å². The summed E-state index contributed by atoms with van der Waals surface area (Å²) in [6.45, 7) is 0. The molecule has 0 nitrogen and oxygen atoms in total. The molecule has 2 heteroatoms. The third-order valence-corrected chi connectivity index (χ3v) is 1.33. The Morgan fingerprint density at radius 2 is 0.800 bits per heavy atom. The Balaban J connectivity index is 0. The molecule has 0 aliphatic heterocycles. The van der Waals surface area contributed by atoms with Gasteiger partial charge in [0.25, 0.3) is 0 Å². The van der Waals surface area contributed by atoms with E-state index in [1.54, 1.807) is 0 Å². The summed E-state index contributed by atoms with van der Waals surface area (Å²) in [5, 5.41) is 0. The number of allylic oxidation sites excluding steroid dienone is 4. The SMILES string of the molecule is C1=CCC/C=C\CC1.Cl.[Rh]. The molecule has 10 heavy (non-hydrogen) atoms. The van der Waals surface area contributed by atoms with E-state index >= 15 is 0 Å². The maximum Gasteiger partial charge on any atom is 0 e. The van der Waals surface area contributed by atoms with Crippen molar-refractivity contribution in [3.63, 3.8) is 0 Å². The van der Waals surface area contributed by atoms with Gasteiger partial charge in [0.2, 0.25) is 0 Å². The van der Waals surface area contributed by atoms with Crippen molar-refractivity contribution in [3.8, 4) is 0 Å². The van der Waals surface area contributed by atoms with Crippen LogP contribution in [0.2, 0.25) is 0 Å². The zero-order chi connectivity index (χ0) is 5.66. The Bertz CT molecular complexity index is 81.8. The van der Waals surface area contributed by atoms with Gasteiger partial charge in [0.05, 0.1) is 0 Å². The first-order valence-corrected chi connectivity index (χ1v) is 3.30. The Hall–Kier alpha value is 0.393. The summed E-state index contributed by atoms with van der Waals surface area (Å²) >= 11 is 0. The van der Waals surface area contributed by atoms with E-state index in [1.807, 2.05) is 0 Å². The Morgan fingerprint density at radius 3 is 1.00 bits per heavy atom. The van der Waals surface area contributed by atoms with Crippen molar-refractivity contribution >= 4 is 12.4 Å². The fourth-order valence-corrected chi connectivity index (χ4v) is 0.856. The molecule has 0 fully saturated rings. The molecule has 1 radical (unpaired) electrons. The molecular formula is C8H13ClRh. The van der Waals surface area contributed by atoms with E-state index in [-0.39, 0.29) is 31.9 Å². The van der Waals surface area contributed by atoms with Crippen molar-refractivity contribution in [2.45, 2.75) is 25.7 Å². The van der Waals surface area contributed by atoms with Crippen molar-refractivity contribution < 1.29 is 19.5 Å². The van der Waals surface area contributed by atoms with Gasteiger partial charge < -0.3 is 0 Å². The molecule has 1 aliphatic carbocycles. The molecule has 0 aromatic heterocycles. The summed E-state index contributed by atoms with van der Waals surface area (Å²) in [7, 11) is 0. The van der Waals surface area contributed by atoms with Crippen molar-refractivity contribution in [1.82, 2.24) is 0 Å². The first-order valence-electron chi connectivity index (χ1n) is 3.30. The maximum absolute atomic E-state index is 2.27. The number of halogens is 1. The summed E-state index contributed by atoms with van der Waals surface area (Å²) in [6, 6.07) is 0. The third kappa shape index (κ3) is 6.51. The minimum Gasteiger partial charge on any atom is -0.147 e. The standard InChI is InChI=1S/C8H12.ClH.Rh/c1-2-4-6-8-7-5-3-1;;/h1-2,7-8H,3-6H2;1H;/b2-1-,8-7?;;. The van der Waals surface area contributed by atoms with Crippen molar-refractivity contribution in [2.24, 2.45) is 0 Å². The zero-order valence-corrected chi connectivity index (χ0v) is 8.33. The summed E-state index contributed by atoms with van der Waals surface area (Å²) in [4.78, 5) is 0. The molecule has 61 valence electrons. The van der Waals surface area contributed by atoms with Crippen molar-refractivity contribution in [2.75, 3.05) is 0 Å². The predicted octanol–water partition coefficient (Wildman–Crippen LogP) is 3.09. The summed E-state index contributed by atoms with van der Waals surface area (Å²) < 4.78 is 0. The molecule has 0 bridgehead atoms. The molecule has 0 spiro atoms. The van der Waals surface area contributed by atoms with Gasteiger partial charge in [0.15, 0.2) is 0 Å². The third-order valence-electron chi connectivity index (χ3n) is 1.33. The van der Waals surface area contributed by atoms with E-state index in [4.69, 9.17) is 0 Å². The molecule has 0 unspecified atom stereocenters. The summed E-state index contributed by atoms with van der Waals surface area (Å²) in [5.41, 5.74) is 0. The van der Waals surface area contributed by atoms with Gasteiger partial charge in [-0.2, -0.15) is 0 Å². The van der Waals surface area contributed by atoms with Crippen LogP contribution in [0.15, 0.2) is 24.3 Å². The fourth-order valence-electron chi connectivity index (χ4n) is 0.856. The molecule has 0 amide bonds. The van der Waals surface area contributed by atoms with Crippen molar-refractivity contribution in [1.29, 1.82) is 0 Å². The normalized spacial score (nSPS) is 19.2. The van der Waals surface area contributed by atoms with Gasteiger partial charge in [-0.3, -0.25) is 0 Å². The van der Waals surface area contributed by atoms with E-state index in [2.05, 4.69) is 24.3 Å². The molecule has 1 aliphatic rings. The van der Waals surface area contributed by atoms with Crippen LogP contribution in [-0.4, -0.2) is 0 Å². The van der Waals surface area contributed by atoms with Gasteiger partial charge in [0, 0.05) is 19.5 Å². The molecule has 0 saturated carbocycles. The van der Waals surface area contributed by atoms with Crippen molar-refractivity contribution in [3.05, 3.63) is 24.3 Å². The number of rotatable bonds is 0. The Kier molecular flexibility index (Phi) is 12.2. The van der Waals surface area contributed by atoms with E-state index < -0.39 is 0 Å². The summed E-state index contributed by atoms with van der Waals surface area (Å²) in [5.74, 6) is 0. The molecular weight excluding hydrogens is 234 g/mol. The molecule has 0 heterocycles. The first kappa shape index (κ1) is 13.0. The quantitative estimate of drug-likeness (QED) is 0.456. The second-order valence-electron chi connectivity index (χ2n) is 2.10. The fraction of sp³-hybridized carbons (Fsp3) is 0.500. The van der Waals surface area contributed by atoms with Crippen LogP contribution in [-0.2, 0) is 19.5 Å². The Morgan fingerprint density at radius 1 is 0.600 bits per heavy atom. The molecule has 0 atom stereocenters. The largest absolute Gasteiger partial charge is 0.147 e. The van der Waals surface area contributed by atoms with Crippen LogP contribution in [0.1, 0.15) is 25.7 Å². The number of hydrogen-bond acceptors (Lipinski definition) is 0. The molecule has 1 rings (SSSR count). The van der Waals surface area contributed by atoms with Gasteiger partial charge in [-0.25, -0.2) is 0 Å². The van der Waals surface area contributed by atoms with E-state index in [0.717, 1.165) is 0 Å². The predicted molar refractivity (Wildman–Crippen MR) is 44.0 cm³/mol. The molecule has 0 N–H and O–H groups in total. The van der Waals surface area contributed by atoms with E-state index in [1.165, 1.54) is 25.7 Å². The van der Waals surface area contributed by atoms with Crippen LogP contribution in [0.3, 0.4) is 0 Å².